The summed E-state index contributed by atoms with van der Waals surface area (Å²) in [4.78, 5) is 60.5. The van der Waals surface area contributed by atoms with Crippen LogP contribution >= 0.6 is 10.7 Å². The second-order valence-corrected chi connectivity index (χ2v) is 24.1. The molecule has 0 saturated carbocycles. The highest BCUT2D eigenvalue weighted by molar-refractivity contribution is 8.13. The van der Waals surface area contributed by atoms with Crippen LogP contribution in [0.4, 0.5) is 16.2 Å². The van der Waals surface area contributed by atoms with Crippen molar-refractivity contribution in [2.24, 2.45) is 10.1 Å². The Morgan fingerprint density at radius 3 is 1.24 bits per heavy atom. The van der Waals surface area contributed by atoms with Gasteiger partial charge in [-0.25, -0.2) is 59.1 Å². The normalized spacial score (nSPS) is 13.7. The van der Waals surface area contributed by atoms with Crippen LogP contribution in [-0.2, 0) is 117 Å². The van der Waals surface area contributed by atoms with Gasteiger partial charge >= 0.3 is 23.9 Å². The quantitative estimate of drug-likeness (QED) is 0.0358. The number of nitrogens with one attached hydrogen (secondary N) is 2. The Morgan fingerprint density at radius 2 is 0.893 bits per heavy atom. The number of carbonyl (C=O) groups excluding carboxylic acids is 5. The average molecular weight is 1110 g/mol. The topological polar surface area (TPSA) is 278 Å². The zero-order valence-electron chi connectivity index (χ0n) is 41.5. The van der Waals surface area contributed by atoms with Gasteiger partial charge in [-0.2, -0.15) is 4.99 Å². The van der Waals surface area contributed by atoms with Crippen molar-refractivity contribution in [2.75, 3.05) is 26.6 Å². The molecule has 4 N–H and O–H groups in total. The molecule has 0 aliphatic heterocycles. The molecule has 4 aliphatic carbocycles. The predicted octanol–water partition coefficient (Wildman–Crippen LogP) is 7.54. The maximum Gasteiger partial charge on any atom is 0.337 e. The van der Waals surface area contributed by atoms with Crippen LogP contribution in [0, 0.1) is 0 Å². The third-order valence-electron chi connectivity index (χ3n) is 12.7. The van der Waals surface area contributed by atoms with Crippen molar-refractivity contribution in [3.05, 3.63) is 163 Å². The van der Waals surface area contributed by atoms with Crippen LogP contribution in [0.5, 0.6) is 0 Å². The highest BCUT2D eigenvalue weighted by Gasteiger charge is 2.27. The van der Waals surface area contributed by atoms with Crippen LogP contribution in [0.15, 0.2) is 89.9 Å². The van der Waals surface area contributed by atoms with Gasteiger partial charge in [0.1, 0.15) is 0 Å². The van der Waals surface area contributed by atoms with Gasteiger partial charge in [0, 0.05) is 16.4 Å². The lowest BCUT2D eigenvalue weighted by molar-refractivity contribution is 0.0592. The maximum atomic E-state index is 12.5. The Hall–Kier alpha value is -6.74. The summed E-state index contributed by atoms with van der Waals surface area (Å²) in [6.45, 7) is 0. The van der Waals surface area contributed by atoms with Crippen molar-refractivity contribution < 1.29 is 63.4 Å². The van der Waals surface area contributed by atoms with Gasteiger partial charge in [-0.1, -0.05) is 48.5 Å². The second-order valence-electron chi connectivity index (χ2n) is 18.0. The first-order valence-corrected chi connectivity index (χ1v) is 29.6. The van der Waals surface area contributed by atoms with E-state index in [1.54, 1.807) is 6.08 Å². The summed E-state index contributed by atoms with van der Waals surface area (Å²) < 4.78 is 83.7. The molecule has 0 atom stereocenters. The van der Waals surface area contributed by atoms with Crippen LogP contribution in [0.1, 0.15) is 118 Å². The molecule has 0 saturated heterocycles. The number of aryl methyl sites for hydroxylation is 4. The monoisotopic (exact) mass is 1100 g/mol. The molecule has 5 aromatic carbocycles. The van der Waals surface area contributed by atoms with Crippen LogP contribution in [0.3, 0.4) is 0 Å². The molecule has 5 aromatic rings. The number of benzene rings is 5. The summed E-state index contributed by atoms with van der Waals surface area (Å²) in [6.07, 6.45) is 14.5. The number of sulfonamides is 2. The van der Waals surface area contributed by atoms with Crippen molar-refractivity contribution in [3.8, 4) is 0 Å². The first-order chi connectivity index (χ1) is 35.6. The molecule has 0 unspecified atom stereocenters. The molecular weight excluding hydrogens is 1050 g/mol. The summed E-state index contributed by atoms with van der Waals surface area (Å²) >= 11 is 0. The van der Waals surface area contributed by atoms with E-state index in [0.717, 1.165) is 86.7 Å². The van der Waals surface area contributed by atoms with Crippen LogP contribution in [-0.4, -0.2) is 76.6 Å². The summed E-state index contributed by atoms with van der Waals surface area (Å²) in [5, 5.41) is 7.70. The van der Waals surface area contributed by atoms with E-state index in [0.29, 0.717) is 33.4 Å². The number of urea groups is 1. The Kier molecular flexibility index (Phi) is 19.7. The van der Waals surface area contributed by atoms with E-state index in [-0.39, 0.29) is 17.3 Å². The van der Waals surface area contributed by atoms with Gasteiger partial charge in [0.2, 0.25) is 35.2 Å². The molecule has 75 heavy (non-hydrogen) atoms. The minimum absolute atomic E-state index is 0.242. The van der Waals surface area contributed by atoms with E-state index in [4.69, 9.17) is 15.8 Å². The van der Waals surface area contributed by atoms with E-state index in [1.165, 1.54) is 140 Å². The number of rotatable bonds is 12. The van der Waals surface area contributed by atoms with Gasteiger partial charge in [0.15, 0.2) is 0 Å². The Balaban J connectivity index is 0.000000173. The fourth-order valence-corrected chi connectivity index (χ4v) is 12.1. The molecule has 398 valence electrons. The van der Waals surface area contributed by atoms with Gasteiger partial charge in [-0.15, -0.1) is 0 Å². The van der Waals surface area contributed by atoms with Crippen LogP contribution < -0.4 is 15.2 Å². The Bertz CT molecular complexity index is 3190. The SMILES string of the molecule is COC(=O)c1ccc(CS(=O)(=O)Cl)cc1.COC(=O)c1ccc(CS(=O)(=O)NC(=O)Nc2c3c(cc4c2CCC4)CCC3)cc1.COC(=O)c1ccc(CS(N)(=O)=O)cc1.O=C=Nc1c2c(cc3c1CCC3)CCC2. The van der Waals surface area contributed by atoms with Crippen molar-refractivity contribution in [1.29, 1.82) is 0 Å². The summed E-state index contributed by atoms with van der Waals surface area (Å²) in [7, 11) is -2.08. The molecule has 2 amide bonds. The fraction of sp³-hybridized carbons (Fsp3) is 0.340. The summed E-state index contributed by atoms with van der Waals surface area (Å²) in [6, 6.07) is 21.9. The van der Waals surface area contributed by atoms with Gasteiger partial charge < -0.3 is 19.5 Å². The zero-order valence-corrected chi connectivity index (χ0v) is 44.7. The van der Waals surface area contributed by atoms with E-state index in [2.05, 4.69) is 41.4 Å². The number of nitrogens with two attached hydrogens (primary N) is 1. The number of primary sulfonamides is 1. The summed E-state index contributed by atoms with van der Waals surface area (Å²) in [5.41, 5.74) is 14.6. The number of carbonyl (C=O) groups is 4. The molecule has 4 aliphatic rings. The molecule has 0 aromatic heterocycles. The van der Waals surface area contributed by atoms with E-state index in [9.17, 15) is 49.2 Å². The number of nitrogens with zero attached hydrogens (tertiary/aromatic N) is 1. The number of isocyanates is 1. The Labute approximate surface area is 440 Å². The minimum Gasteiger partial charge on any atom is -0.465 e. The molecule has 0 spiro atoms. The van der Waals surface area contributed by atoms with E-state index >= 15 is 0 Å². The third kappa shape index (κ3) is 16.4. The number of methoxy groups -OCH3 is 3. The smallest absolute Gasteiger partial charge is 0.337 e. The molecule has 0 fully saturated rings. The lowest BCUT2D eigenvalue weighted by atomic mass is 9.99. The molecule has 18 nitrogen and oxygen atoms in total. The molecule has 22 heteroatoms. The highest BCUT2D eigenvalue weighted by atomic mass is 35.7. The number of fused-ring (bicyclic) bond motifs is 4. The second kappa shape index (κ2) is 25.7. The average Bonchev–Trinajstić information content (AvgIpc) is 4.22. The van der Waals surface area contributed by atoms with Crippen LogP contribution in [0.25, 0.3) is 0 Å². The van der Waals surface area contributed by atoms with Gasteiger partial charge in [0.25, 0.3) is 0 Å². The first-order valence-electron chi connectivity index (χ1n) is 23.8. The number of hydrogen-bond acceptors (Lipinski definition) is 15. The fourth-order valence-electron chi connectivity index (χ4n) is 9.47. The molecular formula is C53H57ClN4O14S3. The predicted molar refractivity (Wildman–Crippen MR) is 282 cm³/mol. The van der Waals surface area contributed by atoms with E-state index < -0.39 is 53.0 Å². The number of aliphatic imine (C=N–C) groups is 1. The van der Waals surface area contributed by atoms with Crippen LogP contribution in [0.2, 0.25) is 0 Å². The number of halogens is 1. The molecule has 9 rings (SSSR count). The first kappa shape index (κ1) is 57.5. The lowest BCUT2D eigenvalue weighted by Gasteiger charge is -2.16. The Morgan fingerprint density at radius 1 is 0.547 bits per heavy atom. The van der Waals surface area contributed by atoms with Crippen molar-refractivity contribution in [3.63, 3.8) is 0 Å². The zero-order chi connectivity index (χ0) is 54.5. The van der Waals surface area contributed by atoms with Crippen molar-refractivity contribution in [2.45, 2.75) is 94.3 Å². The number of amides is 2. The van der Waals surface area contributed by atoms with Gasteiger partial charge in [0.05, 0.1) is 61.0 Å². The largest absolute Gasteiger partial charge is 0.465 e. The van der Waals surface area contributed by atoms with Gasteiger partial charge in [-0.3, -0.25) is 0 Å². The number of anilines is 1. The molecule has 0 heterocycles. The number of ether oxygens (including phenoxy) is 3. The molecule has 0 bridgehead atoms. The maximum absolute atomic E-state index is 12.5. The highest BCUT2D eigenvalue weighted by Crippen LogP contribution is 2.40. The number of esters is 3. The van der Waals surface area contributed by atoms with Crippen molar-refractivity contribution >= 4 is 81.2 Å². The van der Waals surface area contributed by atoms with Crippen molar-refractivity contribution in [1.82, 2.24) is 4.72 Å². The molecule has 0 radical (unpaired) electrons. The van der Waals surface area contributed by atoms with Gasteiger partial charge in [-0.05, 0) is 175 Å². The standard InChI is InChI=1S/C22H24N2O5S.C13H13NO.C9H9ClO4S.C9H11NO4S/c1-29-21(25)15-10-8-14(9-11-15)13-30(27,28)24-22(26)23-20-18-6-2-4-16(18)12-17-5-3-7-19(17)20;15-8-14-13-11-5-1-3-9(11)7-10-4-2-6-12(10)13;2*1-14-9(11)8-4-2-7(3-5-8)6-15(10,12)13/h8-12H,2-7,13H2,1H3,(H2,23,24,26);7H,1-6H2;2-5H,6H2,1H3;2-5H,6H2,1H3,(H2,10,12,13). The number of hydrogen-bond donors (Lipinski definition) is 3. The van der Waals surface area contributed by atoms with E-state index in [1.807, 2.05) is 0 Å². The summed E-state index contributed by atoms with van der Waals surface area (Å²) in [5.74, 6) is -2.28. The third-order valence-corrected chi connectivity index (χ3v) is 15.7. The lowest BCUT2D eigenvalue weighted by Crippen LogP contribution is -2.35. The minimum atomic E-state index is -3.90.